The fraction of sp³-hybridized carbons (Fsp3) is 0.200. The van der Waals surface area contributed by atoms with Crippen molar-refractivity contribution in [1.82, 2.24) is 5.32 Å². The summed E-state index contributed by atoms with van der Waals surface area (Å²) in [5.74, 6) is -0.670. The van der Waals surface area contributed by atoms with Crippen LogP contribution < -0.4 is 5.32 Å². The smallest absolute Gasteiger partial charge is 0.328 e. The summed E-state index contributed by atoms with van der Waals surface area (Å²) in [6.07, 6.45) is 0.399. The Bertz CT molecular complexity index is 840. The van der Waals surface area contributed by atoms with Crippen LogP contribution in [0.2, 0.25) is 0 Å². The molecular formula is C20H19NO3S. The molecule has 0 unspecified atom stereocenters. The fourth-order valence-electron chi connectivity index (χ4n) is 2.61. The molecule has 1 atom stereocenters. The average Bonchev–Trinajstić information content (AvgIpc) is 3.06. The summed E-state index contributed by atoms with van der Waals surface area (Å²) in [6, 6.07) is 18.6. The number of fused-ring (bicyclic) bond motifs is 1. The predicted octanol–water partition coefficient (Wildman–Crippen LogP) is 3.81. The molecular weight excluding hydrogens is 334 g/mol. The van der Waals surface area contributed by atoms with Crippen LogP contribution in [0.5, 0.6) is 0 Å². The molecule has 1 heterocycles. The van der Waals surface area contributed by atoms with Gasteiger partial charge >= 0.3 is 5.97 Å². The van der Waals surface area contributed by atoms with Crippen LogP contribution in [0.3, 0.4) is 0 Å². The highest BCUT2D eigenvalue weighted by atomic mass is 32.1. The fourth-order valence-corrected chi connectivity index (χ4v) is 3.57. The van der Waals surface area contributed by atoms with Gasteiger partial charge in [0, 0.05) is 11.1 Å². The van der Waals surface area contributed by atoms with Crippen LogP contribution in [-0.2, 0) is 16.0 Å². The number of hydrogen-bond acceptors (Lipinski definition) is 4. The summed E-state index contributed by atoms with van der Waals surface area (Å²) in [6.45, 7) is 2.04. The highest BCUT2D eigenvalue weighted by Crippen LogP contribution is 2.25. The van der Waals surface area contributed by atoms with E-state index in [0.717, 1.165) is 15.6 Å². The lowest BCUT2D eigenvalue weighted by Gasteiger charge is -2.17. The maximum atomic E-state index is 12.6. The minimum absolute atomic E-state index is 0.254. The highest BCUT2D eigenvalue weighted by molar-refractivity contribution is 7.20. The van der Waals surface area contributed by atoms with Gasteiger partial charge in [0.2, 0.25) is 0 Å². The third-order valence-electron chi connectivity index (χ3n) is 3.81. The van der Waals surface area contributed by atoms with Crippen molar-refractivity contribution in [3.8, 4) is 0 Å². The molecule has 1 N–H and O–H groups in total. The van der Waals surface area contributed by atoms with Gasteiger partial charge in [0.05, 0.1) is 11.5 Å². The second kappa shape index (κ2) is 7.94. The molecule has 1 amide bonds. The van der Waals surface area contributed by atoms with Gasteiger partial charge < -0.3 is 10.1 Å². The van der Waals surface area contributed by atoms with Crippen molar-refractivity contribution >= 4 is 33.3 Å². The number of carbonyl (C=O) groups is 2. The molecule has 25 heavy (non-hydrogen) atoms. The molecule has 1 aromatic heterocycles. The minimum Gasteiger partial charge on any atom is -0.464 e. The van der Waals surface area contributed by atoms with E-state index in [4.69, 9.17) is 4.74 Å². The molecule has 0 bridgehead atoms. The van der Waals surface area contributed by atoms with E-state index in [1.54, 1.807) is 6.92 Å². The Morgan fingerprint density at radius 3 is 2.52 bits per heavy atom. The Balaban J connectivity index is 1.78. The van der Waals surface area contributed by atoms with Crippen LogP contribution in [0, 0.1) is 0 Å². The maximum absolute atomic E-state index is 12.6. The molecule has 128 valence electrons. The van der Waals surface area contributed by atoms with E-state index in [1.807, 2.05) is 60.7 Å². The summed E-state index contributed by atoms with van der Waals surface area (Å²) in [5, 5.41) is 3.85. The van der Waals surface area contributed by atoms with Gasteiger partial charge in [-0.25, -0.2) is 4.79 Å². The molecule has 0 spiro atoms. The van der Waals surface area contributed by atoms with E-state index in [0.29, 0.717) is 11.3 Å². The number of carbonyl (C=O) groups excluding carboxylic acids is 2. The first-order valence-electron chi connectivity index (χ1n) is 8.17. The zero-order chi connectivity index (χ0) is 17.6. The van der Waals surface area contributed by atoms with Crippen molar-refractivity contribution in [3.05, 3.63) is 71.1 Å². The van der Waals surface area contributed by atoms with Gasteiger partial charge in [-0.1, -0.05) is 48.5 Å². The van der Waals surface area contributed by atoms with Crippen molar-refractivity contribution in [3.63, 3.8) is 0 Å². The van der Waals surface area contributed by atoms with Crippen molar-refractivity contribution in [1.29, 1.82) is 0 Å². The molecule has 3 aromatic rings. The van der Waals surface area contributed by atoms with Crippen molar-refractivity contribution < 1.29 is 14.3 Å². The lowest BCUT2D eigenvalue weighted by molar-refractivity contribution is -0.145. The van der Waals surface area contributed by atoms with E-state index >= 15 is 0 Å². The largest absolute Gasteiger partial charge is 0.464 e. The summed E-state index contributed by atoms with van der Waals surface area (Å²) in [4.78, 5) is 25.5. The molecule has 3 rings (SSSR count). The summed E-state index contributed by atoms with van der Waals surface area (Å²) < 4.78 is 6.17. The molecule has 0 radical (unpaired) electrons. The third-order valence-corrected chi connectivity index (χ3v) is 4.92. The number of nitrogens with one attached hydrogen (secondary N) is 1. The van der Waals surface area contributed by atoms with Crippen molar-refractivity contribution in [2.24, 2.45) is 0 Å². The maximum Gasteiger partial charge on any atom is 0.328 e. The van der Waals surface area contributed by atoms with Gasteiger partial charge in [0.15, 0.2) is 0 Å². The standard InChI is InChI=1S/C20H19NO3S/c1-2-24-20(23)16(12-14-8-4-3-5-9-14)21-19(22)18-13-15-10-6-7-11-17(15)25-18/h3-11,13,16H,2,12H2,1H3,(H,21,22)/t16-/m0/s1. The van der Waals surface area contributed by atoms with Crippen LogP contribution in [0.15, 0.2) is 60.7 Å². The van der Waals surface area contributed by atoms with Crippen LogP contribution >= 0.6 is 11.3 Å². The summed E-state index contributed by atoms with van der Waals surface area (Å²) in [5.41, 5.74) is 0.970. The topological polar surface area (TPSA) is 55.4 Å². The monoisotopic (exact) mass is 353 g/mol. The van der Waals surface area contributed by atoms with Crippen LogP contribution in [0.25, 0.3) is 10.1 Å². The Kier molecular flexibility index (Phi) is 5.46. The second-order valence-electron chi connectivity index (χ2n) is 5.62. The van der Waals surface area contributed by atoms with Gasteiger partial charge in [-0.15, -0.1) is 11.3 Å². The van der Waals surface area contributed by atoms with E-state index in [1.165, 1.54) is 11.3 Å². The van der Waals surface area contributed by atoms with Gasteiger partial charge in [0.25, 0.3) is 5.91 Å². The predicted molar refractivity (Wildman–Crippen MR) is 99.9 cm³/mol. The molecule has 2 aromatic carbocycles. The number of hydrogen-bond donors (Lipinski definition) is 1. The van der Waals surface area contributed by atoms with Gasteiger partial charge in [-0.05, 0) is 30.0 Å². The Morgan fingerprint density at radius 2 is 1.80 bits per heavy atom. The van der Waals surface area contributed by atoms with E-state index in [-0.39, 0.29) is 12.5 Å². The first-order chi connectivity index (χ1) is 12.2. The first-order valence-corrected chi connectivity index (χ1v) is 8.99. The number of amides is 1. The van der Waals surface area contributed by atoms with Crippen LogP contribution in [0.4, 0.5) is 0 Å². The van der Waals surface area contributed by atoms with Gasteiger partial charge in [-0.3, -0.25) is 4.79 Å². The van der Waals surface area contributed by atoms with Crippen molar-refractivity contribution in [2.45, 2.75) is 19.4 Å². The number of esters is 1. The molecule has 0 aliphatic heterocycles. The Morgan fingerprint density at radius 1 is 1.08 bits per heavy atom. The normalized spacial score (nSPS) is 11.9. The molecule has 4 nitrogen and oxygen atoms in total. The third kappa shape index (κ3) is 4.25. The number of ether oxygens (including phenoxy) is 1. The Labute approximate surface area is 150 Å². The van der Waals surface area contributed by atoms with Gasteiger partial charge in [-0.2, -0.15) is 0 Å². The molecule has 0 saturated heterocycles. The summed E-state index contributed by atoms with van der Waals surface area (Å²) >= 11 is 1.41. The van der Waals surface area contributed by atoms with Crippen LogP contribution in [-0.4, -0.2) is 24.5 Å². The van der Waals surface area contributed by atoms with Crippen LogP contribution in [0.1, 0.15) is 22.2 Å². The number of benzene rings is 2. The Hall–Kier alpha value is -2.66. The SMILES string of the molecule is CCOC(=O)[C@H](Cc1ccccc1)NC(=O)c1cc2ccccc2s1. The summed E-state index contributed by atoms with van der Waals surface area (Å²) in [7, 11) is 0. The van der Waals surface area contributed by atoms with Gasteiger partial charge in [0.1, 0.15) is 6.04 Å². The lowest BCUT2D eigenvalue weighted by atomic mass is 10.1. The number of thiophene rings is 1. The van der Waals surface area contributed by atoms with E-state index in [9.17, 15) is 9.59 Å². The molecule has 0 saturated carbocycles. The zero-order valence-corrected chi connectivity index (χ0v) is 14.7. The van der Waals surface area contributed by atoms with Crippen molar-refractivity contribution in [2.75, 3.05) is 6.61 Å². The van der Waals surface area contributed by atoms with E-state index < -0.39 is 12.0 Å². The van der Waals surface area contributed by atoms with E-state index in [2.05, 4.69) is 5.32 Å². The molecule has 5 heteroatoms. The lowest BCUT2D eigenvalue weighted by Crippen LogP contribution is -2.43. The minimum atomic E-state index is -0.708. The zero-order valence-electron chi connectivity index (χ0n) is 13.9. The highest BCUT2D eigenvalue weighted by Gasteiger charge is 2.24. The molecule has 0 aliphatic rings. The molecule has 0 aliphatic carbocycles. The molecule has 0 fully saturated rings. The average molecular weight is 353 g/mol. The quantitative estimate of drug-likeness (QED) is 0.686. The number of rotatable bonds is 6. The first kappa shape index (κ1) is 17.2. The second-order valence-corrected chi connectivity index (χ2v) is 6.70.